The summed E-state index contributed by atoms with van der Waals surface area (Å²) < 4.78 is 25.4. The predicted molar refractivity (Wildman–Crippen MR) is 98.6 cm³/mol. The van der Waals surface area contributed by atoms with Crippen molar-refractivity contribution in [2.75, 3.05) is 17.5 Å². The zero-order chi connectivity index (χ0) is 17.0. The maximum atomic E-state index is 12.5. The summed E-state index contributed by atoms with van der Waals surface area (Å²) >= 11 is 0. The van der Waals surface area contributed by atoms with Crippen LogP contribution < -0.4 is 15.8 Å². The largest absolute Gasteiger partial charge is 0.349 e. The second-order valence-electron chi connectivity index (χ2n) is 6.22. The topological polar surface area (TPSA) is 101 Å². The van der Waals surface area contributed by atoms with E-state index < -0.39 is 10.0 Å². The van der Waals surface area contributed by atoms with Gasteiger partial charge in [0.25, 0.3) is 0 Å². The number of sulfonamides is 1. The van der Waals surface area contributed by atoms with Gasteiger partial charge in [0.15, 0.2) is 0 Å². The zero-order valence-corrected chi connectivity index (χ0v) is 15.6. The Morgan fingerprint density at radius 2 is 2.00 bits per heavy atom. The van der Waals surface area contributed by atoms with Gasteiger partial charge in [0.2, 0.25) is 15.9 Å². The number of carbonyl (C=O) groups is 1. The van der Waals surface area contributed by atoms with Crippen molar-refractivity contribution in [2.24, 2.45) is 17.6 Å². The Balaban J connectivity index is 0.00000288. The molecule has 4 N–H and O–H groups in total. The van der Waals surface area contributed by atoms with E-state index in [1.54, 1.807) is 12.1 Å². The average Bonchev–Trinajstić information content (AvgIpc) is 2.94. The van der Waals surface area contributed by atoms with Crippen molar-refractivity contribution in [1.29, 1.82) is 0 Å². The summed E-state index contributed by atoms with van der Waals surface area (Å²) in [5.74, 6) is 0.198. The minimum Gasteiger partial charge on any atom is -0.349 e. The van der Waals surface area contributed by atoms with Gasteiger partial charge in [0, 0.05) is 5.92 Å². The molecule has 0 radical (unpaired) electrons. The summed E-state index contributed by atoms with van der Waals surface area (Å²) in [6.45, 7) is 2.38. The Hall–Kier alpha value is -1.31. The van der Waals surface area contributed by atoms with Crippen LogP contribution in [-0.4, -0.2) is 27.1 Å². The molecule has 1 unspecified atom stereocenters. The number of hydrogen-bond donors (Lipinski definition) is 3. The third-order valence-electron chi connectivity index (χ3n) is 4.38. The van der Waals surface area contributed by atoms with Gasteiger partial charge in [0.05, 0.1) is 18.0 Å². The van der Waals surface area contributed by atoms with Gasteiger partial charge in [-0.3, -0.25) is 9.52 Å². The van der Waals surface area contributed by atoms with E-state index in [-0.39, 0.29) is 36.2 Å². The first-order valence-electron chi connectivity index (χ1n) is 7.89. The molecule has 0 aliphatic heterocycles. The van der Waals surface area contributed by atoms with Gasteiger partial charge < -0.3 is 11.1 Å². The minimum atomic E-state index is -3.37. The van der Waals surface area contributed by atoms with Crippen LogP contribution in [0.3, 0.4) is 0 Å². The third kappa shape index (κ3) is 5.36. The number of nitrogens with two attached hydrogens (primary N) is 1. The number of nitrogens with one attached hydrogen (secondary N) is 2. The zero-order valence-electron chi connectivity index (χ0n) is 14.0. The van der Waals surface area contributed by atoms with Crippen LogP contribution in [0.1, 0.15) is 37.8 Å². The number of amides is 1. The van der Waals surface area contributed by atoms with Crippen molar-refractivity contribution in [1.82, 2.24) is 5.32 Å². The Morgan fingerprint density at radius 1 is 1.33 bits per heavy atom. The predicted octanol–water partition coefficient (Wildman–Crippen LogP) is 2.03. The van der Waals surface area contributed by atoms with Gasteiger partial charge >= 0.3 is 0 Å². The fourth-order valence-corrected chi connectivity index (χ4v) is 3.81. The van der Waals surface area contributed by atoms with Crippen LogP contribution in [0.15, 0.2) is 24.3 Å². The molecular weight excluding hydrogens is 350 g/mol. The molecule has 1 amide bonds. The van der Waals surface area contributed by atoms with E-state index in [2.05, 4.69) is 10.0 Å². The van der Waals surface area contributed by atoms with E-state index in [1.807, 2.05) is 19.1 Å². The molecule has 1 aliphatic rings. The molecule has 0 heterocycles. The van der Waals surface area contributed by atoms with Crippen molar-refractivity contribution < 1.29 is 13.2 Å². The number of carbonyl (C=O) groups excluding carboxylic acids is 1. The van der Waals surface area contributed by atoms with Crippen molar-refractivity contribution in [2.45, 2.75) is 32.2 Å². The highest BCUT2D eigenvalue weighted by atomic mass is 35.5. The molecule has 24 heavy (non-hydrogen) atoms. The van der Waals surface area contributed by atoms with Gasteiger partial charge in [-0.15, -0.1) is 12.4 Å². The molecule has 2 rings (SSSR count). The van der Waals surface area contributed by atoms with E-state index in [4.69, 9.17) is 5.73 Å². The van der Waals surface area contributed by atoms with E-state index >= 15 is 0 Å². The first-order chi connectivity index (χ1) is 10.8. The van der Waals surface area contributed by atoms with Crippen molar-refractivity contribution >= 4 is 34.0 Å². The molecule has 1 saturated carbocycles. The molecule has 1 aliphatic carbocycles. The van der Waals surface area contributed by atoms with Gasteiger partial charge in [-0.2, -0.15) is 0 Å². The van der Waals surface area contributed by atoms with Crippen molar-refractivity contribution in [3.8, 4) is 0 Å². The minimum absolute atomic E-state index is 0. The van der Waals surface area contributed by atoms with E-state index in [1.165, 1.54) is 0 Å². The second-order valence-corrected chi connectivity index (χ2v) is 7.97. The van der Waals surface area contributed by atoms with E-state index in [0.29, 0.717) is 12.2 Å². The standard InChI is InChI=1S/C16H25N3O3S.ClH/c1-11(18-16(20)14-8-5-6-12(14)10-17)13-7-3-4-9-15(13)19-23(2,21)22;/h3-4,7,9,11-12,14,19H,5-6,8,10,17H2,1-2H3,(H,18,20);1H/t11?,12-,14-;/m1./s1. The summed E-state index contributed by atoms with van der Waals surface area (Å²) in [6.07, 6.45) is 4.00. The van der Waals surface area contributed by atoms with Gasteiger partial charge in [-0.05, 0) is 43.9 Å². The fourth-order valence-electron chi connectivity index (χ4n) is 3.23. The van der Waals surface area contributed by atoms with E-state index in [0.717, 1.165) is 31.1 Å². The highest BCUT2D eigenvalue weighted by Gasteiger charge is 2.32. The molecule has 0 aromatic heterocycles. The Morgan fingerprint density at radius 3 is 2.62 bits per heavy atom. The summed E-state index contributed by atoms with van der Waals surface area (Å²) in [7, 11) is -3.37. The molecule has 1 fully saturated rings. The van der Waals surface area contributed by atoms with E-state index in [9.17, 15) is 13.2 Å². The summed E-state index contributed by atoms with van der Waals surface area (Å²) in [4.78, 5) is 12.5. The van der Waals surface area contributed by atoms with Gasteiger partial charge in [-0.1, -0.05) is 24.6 Å². The normalized spacial score (nSPS) is 21.6. The first kappa shape index (κ1) is 20.7. The highest BCUT2D eigenvalue weighted by Crippen LogP contribution is 2.32. The Labute approximate surface area is 150 Å². The quantitative estimate of drug-likeness (QED) is 0.708. The number of anilines is 1. The second kappa shape index (κ2) is 8.69. The lowest BCUT2D eigenvalue weighted by Gasteiger charge is -2.22. The molecule has 1 aromatic rings. The maximum Gasteiger partial charge on any atom is 0.229 e. The lowest BCUT2D eigenvalue weighted by Crippen LogP contribution is -2.36. The van der Waals surface area contributed by atoms with Crippen LogP contribution in [0.4, 0.5) is 5.69 Å². The molecule has 3 atom stereocenters. The Bertz CT molecular complexity index is 666. The molecule has 0 saturated heterocycles. The summed E-state index contributed by atoms with van der Waals surface area (Å²) in [5.41, 5.74) is 6.98. The lowest BCUT2D eigenvalue weighted by atomic mass is 9.94. The molecule has 8 heteroatoms. The van der Waals surface area contributed by atoms with Crippen LogP contribution in [0.5, 0.6) is 0 Å². The fraction of sp³-hybridized carbons (Fsp3) is 0.562. The van der Waals surface area contributed by atoms with Crippen molar-refractivity contribution in [3.63, 3.8) is 0 Å². The summed E-state index contributed by atoms with van der Waals surface area (Å²) in [5, 5.41) is 3.00. The highest BCUT2D eigenvalue weighted by molar-refractivity contribution is 7.92. The summed E-state index contributed by atoms with van der Waals surface area (Å²) in [6, 6.07) is 6.80. The Kier molecular flexibility index (Phi) is 7.51. The lowest BCUT2D eigenvalue weighted by molar-refractivity contribution is -0.126. The van der Waals surface area contributed by atoms with Crippen LogP contribution in [0.2, 0.25) is 0 Å². The average molecular weight is 376 g/mol. The molecule has 0 spiro atoms. The van der Waals surface area contributed by atoms with Crippen LogP contribution in [-0.2, 0) is 14.8 Å². The number of hydrogen-bond acceptors (Lipinski definition) is 4. The molecule has 1 aromatic carbocycles. The number of benzene rings is 1. The molecule has 0 bridgehead atoms. The monoisotopic (exact) mass is 375 g/mol. The number of halogens is 1. The maximum absolute atomic E-state index is 12.5. The molecule has 6 nitrogen and oxygen atoms in total. The van der Waals surface area contributed by atoms with Gasteiger partial charge in [0.1, 0.15) is 0 Å². The smallest absolute Gasteiger partial charge is 0.229 e. The third-order valence-corrected chi connectivity index (χ3v) is 4.97. The van der Waals surface area contributed by atoms with Crippen LogP contribution >= 0.6 is 12.4 Å². The van der Waals surface area contributed by atoms with Crippen molar-refractivity contribution in [3.05, 3.63) is 29.8 Å². The first-order valence-corrected chi connectivity index (χ1v) is 9.78. The van der Waals surface area contributed by atoms with Crippen LogP contribution in [0.25, 0.3) is 0 Å². The number of rotatable bonds is 6. The molecular formula is C16H26ClN3O3S. The molecule has 136 valence electrons. The number of para-hydroxylation sites is 1. The van der Waals surface area contributed by atoms with Gasteiger partial charge in [-0.25, -0.2) is 8.42 Å². The SMILES string of the molecule is CC(NC(=O)[C@@H]1CCC[C@@H]1CN)c1ccccc1NS(C)(=O)=O.Cl. The van der Waals surface area contributed by atoms with Crippen LogP contribution in [0, 0.1) is 11.8 Å².